The van der Waals surface area contributed by atoms with E-state index in [2.05, 4.69) is 15.0 Å². The first-order valence-corrected chi connectivity index (χ1v) is 13.3. The summed E-state index contributed by atoms with van der Waals surface area (Å²) < 4.78 is 188. The Bertz CT molecular complexity index is 1250. The summed E-state index contributed by atoms with van der Waals surface area (Å²) in [4.78, 5) is 12.8. The quantitative estimate of drug-likeness (QED) is 0.236. The SMILES string of the molecule is O=S(=O)([O-])C(F)(F)F.O=S(=O)([O-])C(F)(F)F.O=S(=O)([O-])C(F)(F)F.[Sc+3].c1cnc(C2=NCCO2)c(C2=NCCO2)c1. The van der Waals surface area contributed by atoms with Crippen LogP contribution in [0, 0.1) is 0 Å². The first kappa shape index (κ1) is 41.2. The molecule has 232 valence electrons. The molecule has 41 heavy (non-hydrogen) atoms. The van der Waals surface area contributed by atoms with Gasteiger partial charge in [-0.2, -0.15) is 39.5 Å². The topological polar surface area (TPSA) is 228 Å². The molecule has 0 saturated heterocycles. The molecule has 3 heterocycles. The summed E-state index contributed by atoms with van der Waals surface area (Å²) in [6.45, 7) is 2.66. The monoisotopic (exact) mass is 709 g/mol. The van der Waals surface area contributed by atoms with Gasteiger partial charge in [-0.05, 0) is 12.1 Å². The third-order valence-corrected chi connectivity index (χ3v) is 4.96. The maximum atomic E-state index is 10.7. The van der Waals surface area contributed by atoms with Crippen molar-refractivity contribution in [2.45, 2.75) is 16.5 Å². The molecule has 0 aromatic carbocycles. The van der Waals surface area contributed by atoms with Crippen molar-refractivity contribution >= 4 is 42.1 Å². The Morgan fingerprint density at radius 2 is 0.976 bits per heavy atom. The molecule has 3 rings (SSSR count). The zero-order valence-corrected chi connectivity index (χ0v) is 23.3. The number of nitrogens with zero attached hydrogens (tertiary/aromatic N) is 3. The van der Waals surface area contributed by atoms with E-state index in [-0.39, 0.29) is 25.8 Å². The van der Waals surface area contributed by atoms with Crippen molar-refractivity contribution in [3.05, 3.63) is 29.6 Å². The van der Waals surface area contributed by atoms with Gasteiger partial charge in [0, 0.05) is 6.20 Å². The molecule has 0 unspecified atom stereocenters. The predicted octanol–water partition coefficient (Wildman–Crippen LogP) is 0.787. The molecule has 2 aliphatic heterocycles. The van der Waals surface area contributed by atoms with Crippen molar-refractivity contribution < 1.29 is 114 Å². The average molecular weight is 709 g/mol. The van der Waals surface area contributed by atoms with Gasteiger partial charge in [0.15, 0.2) is 30.4 Å². The zero-order valence-electron chi connectivity index (χ0n) is 19.1. The Morgan fingerprint density at radius 3 is 1.24 bits per heavy atom. The standard InChI is InChI=1S/C11H11N3O2.3CHF3O3S.Sc/c1-2-8(10-13-4-6-15-10)9(12-3-1)11-14-5-7-16-11;3*2-1(3,4)8(5,6)7;/h1-3H,4-7H2;3*(H,5,6,7);/q;;;;+3/p-3. The second kappa shape index (κ2) is 15.5. The Labute approximate surface area is 242 Å². The molecule has 14 nitrogen and oxygen atoms in total. The summed E-state index contributed by atoms with van der Waals surface area (Å²) in [7, 11) is -18.3. The van der Waals surface area contributed by atoms with Crippen LogP contribution in [-0.2, 0) is 65.7 Å². The molecule has 0 atom stereocenters. The number of hydrogen-bond acceptors (Lipinski definition) is 14. The van der Waals surface area contributed by atoms with Crippen LogP contribution in [0.1, 0.15) is 11.3 Å². The predicted molar refractivity (Wildman–Crippen MR) is 106 cm³/mol. The Balaban J connectivity index is 0. The molecule has 0 spiro atoms. The molecule has 0 radical (unpaired) electrons. The molecule has 1 aromatic rings. The van der Waals surface area contributed by atoms with Gasteiger partial charge in [0.05, 0.1) is 18.7 Å². The van der Waals surface area contributed by atoms with E-state index in [1.807, 2.05) is 12.1 Å². The van der Waals surface area contributed by atoms with Gasteiger partial charge in [0.1, 0.15) is 18.9 Å². The number of rotatable bonds is 2. The van der Waals surface area contributed by atoms with E-state index in [0.29, 0.717) is 38.1 Å². The second-order valence-electron chi connectivity index (χ2n) is 6.17. The second-order valence-corrected chi connectivity index (χ2v) is 10.3. The Morgan fingerprint density at radius 1 is 0.659 bits per heavy atom. The van der Waals surface area contributed by atoms with Crippen LogP contribution in [0.3, 0.4) is 0 Å². The van der Waals surface area contributed by atoms with E-state index in [4.69, 9.17) is 48.4 Å². The van der Waals surface area contributed by atoms with Crippen LogP contribution in [0.4, 0.5) is 39.5 Å². The fourth-order valence-electron chi connectivity index (χ4n) is 1.72. The summed E-state index contributed by atoms with van der Waals surface area (Å²) in [5, 5.41) is 0. The molecular weight excluding hydrogens is 698 g/mol. The maximum absolute atomic E-state index is 10.7. The molecule has 0 aliphatic carbocycles. The number of hydrogen-bond donors (Lipinski definition) is 0. The molecule has 0 saturated carbocycles. The van der Waals surface area contributed by atoms with Gasteiger partial charge in [0.25, 0.3) is 0 Å². The van der Waals surface area contributed by atoms with Crippen LogP contribution in [-0.4, -0.2) is 98.5 Å². The van der Waals surface area contributed by atoms with Crippen LogP contribution in [0.5, 0.6) is 0 Å². The molecule has 0 fully saturated rings. The van der Waals surface area contributed by atoms with Crippen LogP contribution in [0.15, 0.2) is 28.3 Å². The van der Waals surface area contributed by atoms with Gasteiger partial charge in [-0.1, -0.05) is 0 Å². The number of aromatic nitrogens is 1. The molecule has 27 heteroatoms. The molecule has 2 aliphatic rings. The molecular formula is C14H11F9N3O11S3Sc. The van der Waals surface area contributed by atoms with E-state index in [9.17, 15) is 39.5 Å². The first-order chi connectivity index (χ1) is 17.7. The summed E-state index contributed by atoms with van der Waals surface area (Å²) in [5.74, 6) is 1.23. The van der Waals surface area contributed by atoms with Crippen molar-refractivity contribution in [2.75, 3.05) is 26.3 Å². The normalized spacial score (nSPS) is 15.5. The fourth-order valence-corrected chi connectivity index (χ4v) is 1.72. The van der Waals surface area contributed by atoms with E-state index in [1.165, 1.54) is 0 Å². The third kappa shape index (κ3) is 14.7. The molecule has 0 bridgehead atoms. The number of pyridine rings is 1. The number of halogens is 9. The minimum atomic E-state index is -6.09. The maximum Gasteiger partial charge on any atom is 3.00 e. The van der Waals surface area contributed by atoms with Crippen LogP contribution in [0.25, 0.3) is 0 Å². The van der Waals surface area contributed by atoms with Crippen molar-refractivity contribution in [2.24, 2.45) is 9.98 Å². The van der Waals surface area contributed by atoms with Gasteiger partial charge in [0.2, 0.25) is 11.8 Å². The van der Waals surface area contributed by atoms with Crippen LogP contribution < -0.4 is 0 Å². The zero-order chi connectivity index (χ0) is 31.8. The molecule has 0 N–H and O–H groups in total. The summed E-state index contributed by atoms with van der Waals surface area (Å²) in [6.07, 6.45) is 1.72. The third-order valence-electron chi connectivity index (χ3n) is 3.26. The average Bonchev–Trinajstić information content (AvgIpc) is 3.45. The Hall–Kier alpha value is -1.94. The van der Waals surface area contributed by atoms with Crippen LogP contribution >= 0.6 is 0 Å². The van der Waals surface area contributed by atoms with Gasteiger partial charge in [-0.3, -0.25) is 4.98 Å². The smallest absolute Gasteiger partial charge is 0.741 e. The van der Waals surface area contributed by atoms with Crippen molar-refractivity contribution in [1.29, 1.82) is 0 Å². The van der Waals surface area contributed by atoms with Crippen molar-refractivity contribution in [1.82, 2.24) is 4.98 Å². The van der Waals surface area contributed by atoms with E-state index >= 15 is 0 Å². The summed E-state index contributed by atoms with van der Waals surface area (Å²) in [5.41, 5.74) is -15.4. The minimum Gasteiger partial charge on any atom is -0.741 e. The van der Waals surface area contributed by atoms with Gasteiger partial charge >= 0.3 is 42.4 Å². The summed E-state index contributed by atoms with van der Waals surface area (Å²) in [6, 6.07) is 3.79. The van der Waals surface area contributed by atoms with Gasteiger partial charge < -0.3 is 23.1 Å². The number of alkyl halides is 9. The van der Waals surface area contributed by atoms with Gasteiger partial charge in [-0.25, -0.2) is 35.2 Å². The molecule has 1 aromatic heterocycles. The summed E-state index contributed by atoms with van der Waals surface area (Å²) >= 11 is 0. The minimum absolute atomic E-state index is 0. The van der Waals surface area contributed by atoms with Crippen LogP contribution in [0.2, 0.25) is 0 Å². The fraction of sp³-hybridized carbons (Fsp3) is 0.500. The number of ether oxygens (including phenoxy) is 2. The largest absolute Gasteiger partial charge is 3.00 e. The van der Waals surface area contributed by atoms with Gasteiger partial charge in [-0.15, -0.1) is 0 Å². The van der Waals surface area contributed by atoms with E-state index < -0.39 is 46.9 Å². The van der Waals surface area contributed by atoms with E-state index in [1.54, 1.807) is 6.20 Å². The van der Waals surface area contributed by atoms with Crippen molar-refractivity contribution in [3.63, 3.8) is 0 Å². The first-order valence-electron chi connectivity index (χ1n) is 9.07. The molecule has 0 amide bonds. The number of aliphatic imine (C=N–C) groups is 2. The van der Waals surface area contributed by atoms with E-state index in [0.717, 1.165) is 11.3 Å². The Kier molecular flexibility index (Phi) is 15.6. The van der Waals surface area contributed by atoms with Crippen molar-refractivity contribution in [3.8, 4) is 0 Å².